The summed E-state index contributed by atoms with van der Waals surface area (Å²) in [6.45, 7) is 19.3. The van der Waals surface area contributed by atoms with Gasteiger partial charge in [-0.1, -0.05) is 20.8 Å². The van der Waals surface area contributed by atoms with Gasteiger partial charge in [0.15, 0.2) is 18.7 Å². The number of carbonyl (C=O) groups is 4. The summed E-state index contributed by atoms with van der Waals surface area (Å²) < 4.78 is 42.4. The largest absolute Gasteiger partial charge is 0.460 e. The van der Waals surface area contributed by atoms with Gasteiger partial charge in [0.05, 0.1) is 35.9 Å². The Morgan fingerprint density at radius 3 is 2.14 bits per heavy atom. The Kier molecular flexibility index (Phi) is 18.8. The van der Waals surface area contributed by atoms with Crippen LogP contribution in [-0.4, -0.2) is 151 Å². The molecule has 2 aliphatic rings. The van der Waals surface area contributed by atoms with Crippen LogP contribution in [0.15, 0.2) is 0 Å². The van der Waals surface area contributed by atoms with Gasteiger partial charge in [0.25, 0.3) is 0 Å². The third kappa shape index (κ3) is 15.0. The summed E-state index contributed by atoms with van der Waals surface area (Å²) in [4.78, 5) is 53.6. The molecule has 0 aromatic rings. The van der Waals surface area contributed by atoms with Crippen molar-refractivity contribution in [3.05, 3.63) is 0 Å². The first-order valence-electron chi connectivity index (χ1n) is 20.3. The molecule has 16 heteroatoms. The zero-order valence-electron chi connectivity index (χ0n) is 37.2. The number of primary amides is 1. The molecule has 0 spiro atoms. The quantitative estimate of drug-likeness (QED) is 0.151. The molecule has 4 N–H and O–H groups in total. The fraction of sp³-hybridized carbons (Fsp3) is 0.902. The molecule has 2 aliphatic heterocycles. The number of hydrogen-bond donors (Lipinski definition) is 3. The van der Waals surface area contributed by atoms with Crippen LogP contribution in [0.4, 0.5) is 0 Å². The van der Waals surface area contributed by atoms with Crippen LogP contribution in [-0.2, 0) is 52.3 Å². The van der Waals surface area contributed by atoms with Crippen molar-refractivity contribution < 1.29 is 62.5 Å². The molecule has 2 rings (SSSR count). The molecule has 0 bridgehead atoms. The minimum Gasteiger partial charge on any atom is -0.460 e. The lowest BCUT2D eigenvalue weighted by atomic mass is 9.77. The van der Waals surface area contributed by atoms with Crippen LogP contribution in [0.25, 0.3) is 0 Å². The highest BCUT2D eigenvalue weighted by atomic mass is 16.7. The zero-order chi connectivity index (χ0) is 43.8. The fourth-order valence-corrected chi connectivity index (χ4v) is 8.25. The van der Waals surface area contributed by atoms with Crippen molar-refractivity contribution in [2.45, 2.75) is 187 Å². The van der Waals surface area contributed by atoms with Crippen LogP contribution >= 0.6 is 0 Å². The molecule has 16 nitrogen and oxygen atoms in total. The maximum absolute atomic E-state index is 13.1. The van der Waals surface area contributed by atoms with E-state index in [1.165, 1.54) is 14.0 Å². The van der Waals surface area contributed by atoms with Crippen LogP contribution in [0.3, 0.4) is 0 Å². The van der Waals surface area contributed by atoms with E-state index in [4.69, 9.17) is 38.9 Å². The van der Waals surface area contributed by atoms with E-state index in [1.54, 1.807) is 67.3 Å². The van der Waals surface area contributed by atoms with E-state index >= 15 is 0 Å². The number of amides is 2. The van der Waals surface area contributed by atoms with E-state index in [0.29, 0.717) is 12.8 Å². The molecule has 2 saturated heterocycles. The Bertz CT molecular complexity index is 1320. The van der Waals surface area contributed by atoms with Crippen LogP contribution in [0, 0.1) is 17.8 Å². The van der Waals surface area contributed by atoms with Crippen molar-refractivity contribution in [1.82, 2.24) is 9.80 Å². The van der Waals surface area contributed by atoms with Gasteiger partial charge in [0, 0.05) is 58.8 Å². The van der Waals surface area contributed by atoms with Gasteiger partial charge >= 0.3 is 11.9 Å². The molecule has 0 aliphatic carbocycles. The number of methoxy groups -OCH3 is 1. The second-order valence-electron chi connectivity index (χ2n) is 18.2. The van der Waals surface area contributed by atoms with Crippen LogP contribution in [0.5, 0.6) is 0 Å². The average Bonchev–Trinajstić information content (AvgIpc) is 3.06. The molecule has 0 unspecified atom stereocenters. The number of aliphatic hydroxyl groups is 2. The van der Waals surface area contributed by atoms with E-state index in [1.807, 2.05) is 32.8 Å². The molecule has 2 heterocycles. The summed E-state index contributed by atoms with van der Waals surface area (Å²) >= 11 is 0. The van der Waals surface area contributed by atoms with Gasteiger partial charge in [-0.2, -0.15) is 0 Å². The van der Waals surface area contributed by atoms with E-state index < -0.39 is 83.6 Å². The summed E-state index contributed by atoms with van der Waals surface area (Å²) in [6.07, 6.45) is -5.54. The standard InChI is InChI=1S/C41H75N3O13/c1-23(22-44(14)30(46)17-16-18-31(47)57-39(7,8)9)20-40(10,50)35(56-38-33(48)29(43(12)13)19-24(2)52-38)25(3)34(26(4)37(42)49)55-32-21-41(11,51-15)36(27(5)53-32)54-28(6)45/h23-27,29,32-36,38,48,50H,16-22H2,1-15H3,(H2,42,49)/t23-,24-,25+,26-,27+,29+,32+,33-,34+,35-,36+,38+,40-,41-/m1/s1. The fourth-order valence-electron chi connectivity index (χ4n) is 8.25. The van der Waals surface area contributed by atoms with Crippen molar-refractivity contribution in [3.8, 4) is 0 Å². The molecule has 0 aromatic heterocycles. The first-order valence-corrected chi connectivity index (χ1v) is 20.3. The summed E-state index contributed by atoms with van der Waals surface area (Å²) in [5, 5.41) is 24.0. The molecule has 2 amide bonds. The van der Waals surface area contributed by atoms with E-state index in [-0.39, 0.29) is 62.2 Å². The van der Waals surface area contributed by atoms with E-state index in [0.717, 1.165) is 0 Å². The minimum atomic E-state index is -1.64. The number of esters is 2. The van der Waals surface area contributed by atoms with E-state index in [2.05, 4.69) is 0 Å². The van der Waals surface area contributed by atoms with Gasteiger partial charge < -0.3 is 58.9 Å². The van der Waals surface area contributed by atoms with Gasteiger partial charge in [0.2, 0.25) is 11.8 Å². The number of carbonyl (C=O) groups excluding carboxylic acids is 4. The highest BCUT2D eigenvalue weighted by Gasteiger charge is 2.52. The Hall–Kier alpha value is -2.44. The Labute approximate surface area is 340 Å². The monoisotopic (exact) mass is 818 g/mol. The predicted octanol–water partition coefficient (Wildman–Crippen LogP) is 3.16. The van der Waals surface area contributed by atoms with Gasteiger partial charge in [-0.25, -0.2) is 0 Å². The molecule has 332 valence electrons. The van der Waals surface area contributed by atoms with Gasteiger partial charge in [-0.05, 0) is 87.7 Å². The maximum Gasteiger partial charge on any atom is 0.306 e. The highest BCUT2D eigenvalue weighted by Crippen LogP contribution is 2.40. The molecule has 0 aromatic carbocycles. The topological polar surface area (TPSA) is 206 Å². The SMILES string of the molecule is CO[C@]1(C)C[C@H](O[C@@H]([C@H](C)[C@@H](O[C@@H]2O[C@H](C)C[C@H](N(C)C)[C@H]2O)[C@](C)(O)C[C@@H](C)CN(C)C(=O)CCCC(=O)OC(C)(C)C)[C@@H](C)C(N)=O)O[C@@H](C)[C@@H]1OC(C)=O. The second kappa shape index (κ2) is 21.2. The summed E-state index contributed by atoms with van der Waals surface area (Å²) in [7, 11) is 6.90. The van der Waals surface area contributed by atoms with Crippen LogP contribution in [0.2, 0.25) is 0 Å². The van der Waals surface area contributed by atoms with Crippen molar-refractivity contribution in [1.29, 1.82) is 0 Å². The number of aliphatic hydroxyl groups excluding tert-OH is 1. The first-order chi connectivity index (χ1) is 26.1. The Balaban J connectivity index is 2.43. The maximum atomic E-state index is 13.1. The number of nitrogens with two attached hydrogens (primary N) is 1. The molecule has 0 saturated carbocycles. The number of nitrogens with zero attached hydrogens (tertiary/aromatic N) is 2. The highest BCUT2D eigenvalue weighted by molar-refractivity contribution is 5.77. The summed E-state index contributed by atoms with van der Waals surface area (Å²) in [6, 6.07) is -0.306. The number of hydrogen-bond acceptors (Lipinski definition) is 14. The third-order valence-corrected chi connectivity index (χ3v) is 11.1. The number of ether oxygens (including phenoxy) is 7. The average molecular weight is 818 g/mol. The molecule has 0 radical (unpaired) electrons. The molecule has 2 fully saturated rings. The van der Waals surface area contributed by atoms with Crippen LogP contribution < -0.4 is 5.73 Å². The van der Waals surface area contributed by atoms with Gasteiger partial charge in [0.1, 0.15) is 17.3 Å². The Morgan fingerprint density at radius 1 is 1.00 bits per heavy atom. The van der Waals surface area contributed by atoms with Gasteiger partial charge in [-0.3, -0.25) is 19.2 Å². The summed E-state index contributed by atoms with van der Waals surface area (Å²) in [5.41, 5.74) is 2.66. The lowest BCUT2D eigenvalue weighted by Gasteiger charge is -2.49. The molecular formula is C41H75N3O13. The van der Waals surface area contributed by atoms with E-state index in [9.17, 15) is 29.4 Å². The normalized spacial score (nSPS) is 30.7. The predicted molar refractivity (Wildman–Crippen MR) is 211 cm³/mol. The third-order valence-electron chi connectivity index (χ3n) is 11.1. The van der Waals surface area contributed by atoms with Crippen LogP contribution in [0.1, 0.15) is 115 Å². The Morgan fingerprint density at radius 2 is 1.61 bits per heavy atom. The molecule has 14 atom stereocenters. The van der Waals surface area contributed by atoms with Gasteiger partial charge in [-0.15, -0.1) is 0 Å². The summed E-state index contributed by atoms with van der Waals surface area (Å²) in [5.74, 6) is -3.61. The smallest absolute Gasteiger partial charge is 0.306 e. The zero-order valence-corrected chi connectivity index (χ0v) is 37.2. The van der Waals surface area contributed by atoms with Crippen molar-refractivity contribution >= 4 is 23.8 Å². The number of likely N-dealkylation sites (N-methyl/N-ethyl adjacent to an activating group) is 1. The second-order valence-corrected chi connectivity index (χ2v) is 18.2. The first kappa shape index (κ1) is 50.7. The van der Waals surface area contributed by atoms with Crippen molar-refractivity contribution in [3.63, 3.8) is 0 Å². The molecule has 57 heavy (non-hydrogen) atoms. The van der Waals surface area contributed by atoms with Crippen molar-refractivity contribution in [2.75, 3.05) is 34.8 Å². The lowest BCUT2D eigenvalue weighted by Crippen LogP contribution is -2.61. The molecular weight excluding hydrogens is 742 g/mol. The van der Waals surface area contributed by atoms with Crippen molar-refractivity contribution in [2.24, 2.45) is 23.5 Å². The number of rotatable bonds is 20. The minimum absolute atomic E-state index is 0.121. The lowest BCUT2D eigenvalue weighted by molar-refractivity contribution is -0.318.